The number of hydrogen-bond acceptors (Lipinski definition) is 1. The third-order valence-corrected chi connectivity index (χ3v) is 4.32. The van der Waals surface area contributed by atoms with E-state index in [4.69, 9.17) is 0 Å². The highest BCUT2D eigenvalue weighted by atomic mass is 16.4. The summed E-state index contributed by atoms with van der Waals surface area (Å²) in [6.07, 6.45) is 6.82. The summed E-state index contributed by atoms with van der Waals surface area (Å²) in [7, 11) is 0. The minimum atomic E-state index is -0.561. The summed E-state index contributed by atoms with van der Waals surface area (Å²) in [4.78, 5) is 11.4. The predicted octanol–water partition coefficient (Wildman–Crippen LogP) is 3.95. The molecule has 2 unspecified atom stereocenters. The van der Waals surface area contributed by atoms with Gasteiger partial charge in [0.05, 0.1) is 5.92 Å². The maximum atomic E-state index is 11.4. The highest BCUT2D eigenvalue weighted by Crippen LogP contribution is 2.43. The van der Waals surface area contributed by atoms with Gasteiger partial charge >= 0.3 is 5.97 Å². The molecule has 0 spiro atoms. The summed E-state index contributed by atoms with van der Waals surface area (Å²) in [5.41, 5.74) is 0. The molecule has 2 heteroatoms. The first kappa shape index (κ1) is 13.5. The first-order valence-corrected chi connectivity index (χ1v) is 6.86. The molecule has 1 fully saturated rings. The van der Waals surface area contributed by atoms with Gasteiger partial charge < -0.3 is 5.11 Å². The summed E-state index contributed by atoms with van der Waals surface area (Å²) < 4.78 is 0. The molecule has 0 aromatic carbocycles. The molecule has 0 heterocycles. The molecule has 2 atom stereocenters. The Kier molecular flexibility index (Phi) is 5.30. The largest absolute Gasteiger partial charge is 0.481 e. The standard InChI is InChI=1S/C14H26O2/c1-4-7-10-8-11(5-2)13(14(15)16)12(6-3)9-10/h10-13H,4-9H2,1-3H3,(H,15,16). The van der Waals surface area contributed by atoms with Gasteiger partial charge in [-0.05, 0) is 30.6 Å². The lowest BCUT2D eigenvalue weighted by Crippen LogP contribution is -2.37. The summed E-state index contributed by atoms with van der Waals surface area (Å²) in [6, 6.07) is 0. The van der Waals surface area contributed by atoms with Gasteiger partial charge in [0.25, 0.3) is 0 Å². The van der Waals surface area contributed by atoms with E-state index in [9.17, 15) is 9.90 Å². The molecule has 1 aliphatic carbocycles. The Bertz CT molecular complexity index is 211. The topological polar surface area (TPSA) is 37.3 Å². The van der Waals surface area contributed by atoms with Crippen molar-refractivity contribution in [3.63, 3.8) is 0 Å². The maximum Gasteiger partial charge on any atom is 0.307 e. The van der Waals surface area contributed by atoms with Crippen molar-refractivity contribution in [1.29, 1.82) is 0 Å². The predicted molar refractivity (Wildman–Crippen MR) is 66.3 cm³/mol. The van der Waals surface area contributed by atoms with Crippen LogP contribution in [0.25, 0.3) is 0 Å². The maximum absolute atomic E-state index is 11.4. The Balaban J connectivity index is 2.73. The highest BCUT2D eigenvalue weighted by molar-refractivity contribution is 5.71. The molecule has 2 nitrogen and oxygen atoms in total. The van der Waals surface area contributed by atoms with Crippen molar-refractivity contribution < 1.29 is 9.90 Å². The van der Waals surface area contributed by atoms with Crippen LogP contribution in [-0.4, -0.2) is 11.1 Å². The Morgan fingerprint density at radius 1 is 1.12 bits per heavy atom. The zero-order chi connectivity index (χ0) is 12.1. The Labute approximate surface area is 99.4 Å². The molecule has 0 bridgehead atoms. The van der Waals surface area contributed by atoms with Gasteiger partial charge in [-0.25, -0.2) is 0 Å². The van der Waals surface area contributed by atoms with Crippen LogP contribution in [0.1, 0.15) is 59.3 Å². The minimum absolute atomic E-state index is 0.0805. The van der Waals surface area contributed by atoms with Gasteiger partial charge in [0.1, 0.15) is 0 Å². The van der Waals surface area contributed by atoms with Crippen molar-refractivity contribution in [3.8, 4) is 0 Å². The fourth-order valence-electron chi connectivity index (χ4n) is 3.52. The number of aliphatic carboxylic acids is 1. The Morgan fingerprint density at radius 2 is 1.62 bits per heavy atom. The van der Waals surface area contributed by atoms with E-state index in [1.807, 2.05) is 0 Å². The number of hydrogen-bond donors (Lipinski definition) is 1. The van der Waals surface area contributed by atoms with Crippen LogP contribution in [0.3, 0.4) is 0 Å². The van der Waals surface area contributed by atoms with Crippen molar-refractivity contribution in [2.24, 2.45) is 23.7 Å². The van der Waals surface area contributed by atoms with Crippen molar-refractivity contribution in [2.45, 2.75) is 59.3 Å². The van der Waals surface area contributed by atoms with E-state index in [1.54, 1.807) is 0 Å². The molecule has 0 radical (unpaired) electrons. The second-order valence-electron chi connectivity index (χ2n) is 5.33. The van der Waals surface area contributed by atoms with E-state index in [0.29, 0.717) is 11.8 Å². The van der Waals surface area contributed by atoms with E-state index in [2.05, 4.69) is 20.8 Å². The van der Waals surface area contributed by atoms with Crippen LogP contribution in [-0.2, 0) is 4.79 Å². The van der Waals surface area contributed by atoms with Crippen LogP contribution in [0.2, 0.25) is 0 Å². The van der Waals surface area contributed by atoms with Gasteiger partial charge in [-0.3, -0.25) is 4.79 Å². The summed E-state index contributed by atoms with van der Waals surface area (Å²) in [5, 5.41) is 9.36. The van der Waals surface area contributed by atoms with E-state index < -0.39 is 5.97 Å². The molecular weight excluding hydrogens is 200 g/mol. The Morgan fingerprint density at radius 3 is 1.94 bits per heavy atom. The molecule has 1 aliphatic rings. The van der Waals surface area contributed by atoms with Gasteiger partial charge in [0, 0.05) is 0 Å². The number of carboxylic acids is 1. The lowest BCUT2D eigenvalue weighted by Gasteiger charge is -2.39. The molecule has 0 amide bonds. The van der Waals surface area contributed by atoms with E-state index in [1.165, 1.54) is 12.8 Å². The number of carbonyl (C=O) groups is 1. The van der Waals surface area contributed by atoms with Gasteiger partial charge in [0.2, 0.25) is 0 Å². The fraction of sp³-hybridized carbons (Fsp3) is 0.929. The lowest BCUT2D eigenvalue weighted by molar-refractivity contribution is -0.148. The van der Waals surface area contributed by atoms with Crippen molar-refractivity contribution in [2.75, 3.05) is 0 Å². The summed E-state index contributed by atoms with van der Waals surface area (Å²) >= 11 is 0. The third kappa shape index (κ3) is 2.99. The van der Waals surface area contributed by atoms with Gasteiger partial charge in [-0.1, -0.05) is 46.5 Å². The quantitative estimate of drug-likeness (QED) is 0.770. The SMILES string of the molecule is CCCC1CC(CC)C(C(=O)O)C(CC)C1. The molecule has 0 aromatic rings. The second kappa shape index (κ2) is 6.27. The third-order valence-electron chi connectivity index (χ3n) is 4.32. The van der Waals surface area contributed by atoms with Crippen molar-refractivity contribution >= 4 is 5.97 Å². The van der Waals surface area contributed by atoms with Gasteiger partial charge in [-0.15, -0.1) is 0 Å². The molecule has 94 valence electrons. The van der Waals surface area contributed by atoms with Crippen molar-refractivity contribution in [1.82, 2.24) is 0 Å². The molecule has 1 rings (SSSR count). The summed E-state index contributed by atoms with van der Waals surface area (Å²) in [6.45, 7) is 6.51. The highest BCUT2D eigenvalue weighted by Gasteiger charge is 2.39. The van der Waals surface area contributed by atoms with Crippen LogP contribution in [0.5, 0.6) is 0 Å². The van der Waals surface area contributed by atoms with E-state index in [0.717, 1.165) is 31.6 Å². The average Bonchev–Trinajstić information content (AvgIpc) is 2.27. The molecule has 1 N–H and O–H groups in total. The van der Waals surface area contributed by atoms with Crippen LogP contribution >= 0.6 is 0 Å². The Hall–Kier alpha value is -0.530. The summed E-state index contributed by atoms with van der Waals surface area (Å²) in [5.74, 6) is 0.952. The average molecular weight is 226 g/mol. The van der Waals surface area contributed by atoms with E-state index >= 15 is 0 Å². The second-order valence-corrected chi connectivity index (χ2v) is 5.33. The molecule has 0 saturated heterocycles. The molecular formula is C14H26O2. The molecule has 1 saturated carbocycles. The van der Waals surface area contributed by atoms with Crippen LogP contribution in [0.15, 0.2) is 0 Å². The normalized spacial score (nSPS) is 34.9. The fourth-order valence-corrected chi connectivity index (χ4v) is 3.52. The van der Waals surface area contributed by atoms with Crippen LogP contribution in [0, 0.1) is 23.7 Å². The zero-order valence-corrected chi connectivity index (χ0v) is 10.9. The van der Waals surface area contributed by atoms with Crippen molar-refractivity contribution in [3.05, 3.63) is 0 Å². The smallest absolute Gasteiger partial charge is 0.307 e. The van der Waals surface area contributed by atoms with Crippen LogP contribution < -0.4 is 0 Å². The van der Waals surface area contributed by atoms with E-state index in [-0.39, 0.29) is 5.92 Å². The molecule has 0 aliphatic heterocycles. The van der Waals surface area contributed by atoms with Gasteiger partial charge in [-0.2, -0.15) is 0 Å². The lowest BCUT2D eigenvalue weighted by atomic mass is 9.65. The molecule has 16 heavy (non-hydrogen) atoms. The number of carboxylic acid groups (broad SMARTS) is 1. The monoisotopic (exact) mass is 226 g/mol. The zero-order valence-electron chi connectivity index (χ0n) is 10.9. The number of rotatable bonds is 5. The minimum Gasteiger partial charge on any atom is -0.481 e. The van der Waals surface area contributed by atoms with Gasteiger partial charge in [0.15, 0.2) is 0 Å². The van der Waals surface area contributed by atoms with Crippen LogP contribution in [0.4, 0.5) is 0 Å². The first-order chi connectivity index (χ1) is 7.63. The first-order valence-electron chi connectivity index (χ1n) is 6.86. The molecule has 0 aromatic heterocycles.